The van der Waals surface area contributed by atoms with E-state index in [1.165, 1.54) is 0 Å². The summed E-state index contributed by atoms with van der Waals surface area (Å²) in [6, 6.07) is 0. The summed E-state index contributed by atoms with van der Waals surface area (Å²) in [5.41, 5.74) is -0.752. The van der Waals surface area contributed by atoms with Gasteiger partial charge in [-0.25, -0.2) is 0 Å². The molecular formula is C9H20N2O. The lowest BCUT2D eigenvalue weighted by atomic mass is 9.95. The molecule has 1 N–H and O–H groups in total. The van der Waals surface area contributed by atoms with Crippen molar-refractivity contribution in [1.29, 1.82) is 0 Å². The Kier molecular flexibility index (Phi) is 4.24. The maximum atomic E-state index is 10.1. The summed E-state index contributed by atoms with van der Waals surface area (Å²) in [6.07, 6.45) is 1.41. The predicted molar refractivity (Wildman–Crippen MR) is 52.6 cm³/mol. The van der Waals surface area contributed by atoms with Crippen molar-refractivity contribution < 1.29 is 5.11 Å². The van der Waals surface area contributed by atoms with Gasteiger partial charge in [0, 0.05) is 21.1 Å². The first kappa shape index (κ1) is 11.4. The summed E-state index contributed by atoms with van der Waals surface area (Å²) >= 11 is 0. The molecule has 0 spiro atoms. The zero-order valence-corrected chi connectivity index (χ0v) is 8.76. The maximum absolute atomic E-state index is 10.1. The Balaban J connectivity index is 4.69. The van der Waals surface area contributed by atoms with Gasteiger partial charge in [-0.1, -0.05) is 13.8 Å². The van der Waals surface area contributed by atoms with Gasteiger partial charge in [0.1, 0.15) is 11.4 Å². The molecule has 0 atom stereocenters. The van der Waals surface area contributed by atoms with E-state index in [4.69, 9.17) is 0 Å². The zero-order chi connectivity index (χ0) is 9.78. The standard InChI is InChI=1S/C9H20N2O/c1-6-9(12,7-2)8(10-3)11(4)5/h12H,6-7H2,1-5H3. The Labute approximate surface area is 75.1 Å². The van der Waals surface area contributed by atoms with E-state index < -0.39 is 5.60 Å². The van der Waals surface area contributed by atoms with Gasteiger partial charge < -0.3 is 10.0 Å². The molecule has 12 heavy (non-hydrogen) atoms. The average Bonchev–Trinajstić information content (AvgIpc) is 2.04. The first-order chi connectivity index (χ1) is 5.51. The van der Waals surface area contributed by atoms with Crippen LogP contribution in [0.25, 0.3) is 0 Å². The van der Waals surface area contributed by atoms with E-state index in [0.29, 0.717) is 12.8 Å². The maximum Gasteiger partial charge on any atom is 0.130 e. The van der Waals surface area contributed by atoms with Crippen LogP contribution < -0.4 is 0 Å². The summed E-state index contributed by atoms with van der Waals surface area (Å²) in [4.78, 5) is 5.96. The van der Waals surface area contributed by atoms with Crippen LogP contribution in [-0.2, 0) is 0 Å². The quantitative estimate of drug-likeness (QED) is 0.511. The van der Waals surface area contributed by atoms with Gasteiger partial charge in [0.15, 0.2) is 0 Å². The average molecular weight is 172 g/mol. The molecule has 0 amide bonds. The van der Waals surface area contributed by atoms with Gasteiger partial charge in [-0.2, -0.15) is 0 Å². The lowest BCUT2D eigenvalue weighted by Crippen LogP contribution is -2.45. The number of amidine groups is 1. The fourth-order valence-electron chi connectivity index (χ4n) is 1.39. The lowest BCUT2D eigenvalue weighted by Gasteiger charge is -2.31. The van der Waals surface area contributed by atoms with Crippen LogP contribution in [0.5, 0.6) is 0 Å². The van der Waals surface area contributed by atoms with Gasteiger partial charge in [0.25, 0.3) is 0 Å². The number of nitrogens with zero attached hydrogens (tertiary/aromatic N) is 2. The first-order valence-electron chi connectivity index (χ1n) is 4.38. The Morgan fingerprint density at radius 3 is 1.83 bits per heavy atom. The number of likely N-dealkylation sites (N-methyl/N-ethyl adjacent to an activating group) is 1. The molecular weight excluding hydrogens is 152 g/mol. The van der Waals surface area contributed by atoms with E-state index >= 15 is 0 Å². The highest BCUT2D eigenvalue weighted by Gasteiger charge is 2.30. The van der Waals surface area contributed by atoms with E-state index in [1.54, 1.807) is 7.05 Å². The summed E-state index contributed by atoms with van der Waals surface area (Å²) in [7, 11) is 5.52. The molecule has 3 heteroatoms. The minimum Gasteiger partial charge on any atom is -0.382 e. The minimum atomic E-state index is -0.752. The van der Waals surface area contributed by atoms with Crippen molar-refractivity contribution in [2.45, 2.75) is 32.3 Å². The van der Waals surface area contributed by atoms with Crippen LogP contribution in [0, 0.1) is 0 Å². The van der Waals surface area contributed by atoms with Gasteiger partial charge in [-0.3, -0.25) is 4.99 Å². The molecule has 0 aliphatic heterocycles. The molecule has 0 heterocycles. The Hall–Kier alpha value is -0.570. The second-order valence-electron chi connectivity index (χ2n) is 3.18. The van der Waals surface area contributed by atoms with Gasteiger partial charge in [0.2, 0.25) is 0 Å². The molecule has 0 aliphatic rings. The van der Waals surface area contributed by atoms with Crippen molar-refractivity contribution in [3.63, 3.8) is 0 Å². The molecule has 0 aromatic carbocycles. The predicted octanol–water partition coefficient (Wildman–Crippen LogP) is 1.13. The molecule has 0 aliphatic carbocycles. The van der Waals surface area contributed by atoms with Crippen molar-refractivity contribution in [3.8, 4) is 0 Å². The van der Waals surface area contributed by atoms with Crippen LogP contribution in [0.1, 0.15) is 26.7 Å². The fraction of sp³-hybridized carbons (Fsp3) is 0.889. The van der Waals surface area contributed by atoms with Gasteiger partial charge in [0.05, 0.1) is 0 Å². The molecule has 72 valence electrons. The third-order valence-electron chi connectivity index (χ3n) is 2.22. The van der Waals surface area contributed by atoms with Crippen LogP contribution in [-0.4, -0.2) is 42.6 Å². The van der Waals surface area contributed by atoms with Crippen LogP contribution >= 0.6 is 0 Å². The monoisotopic (exact) mass is 172 g/mol. The molecule has 0 rings (SSSR count). The second-order valence-corrected chi connectivity index (χ2v) is 3.18. The summed E-state index contributed by atoms with van der Waals surface area (Å²) in [6.45, 7) is 3.94. The number of aliphatic imine (C=N–C) groups is 1. The number of aliphatic hydroxyl groups is 1. The van der Waals surface area contributed by atoms with Crippen molar-refractivity contribution in [2.24, 2.45) is 4.99 Å². The van der Waals surface area contributed by atoms with E-state index in [-0.39, 0.29) is 0 Å². The van der Waals surface area contributed by atoms with Gasteiger partial charge in [-0.05, 0) is 12.8 Å². The Morgan fingerprint density at radius 2 is 1.75 bits per heavy atom. The molecule has 0 radical (unpaired) electrons. The third-order valence-corrected chi connectivity index (χ3v) is 2.22. The fourth-order valence-corrected chi connectivity index (χ4v) is 1.39. The molecule has 0 bridgehead atoms. The summed E-state index contributed by atoms with van der Waals surface area (Å²) < 4.78 is 0. The van der Waals surface area contributed by atoms with Crippen LogP contribution in [0.4, 0.5) is 0 Å². The number of hydrogen-bond donors (Lipinski definition) is 1. The molecule has 0 saturated carbocycles. The number of rotatable bonds is 3. The lowest BCUT2D eigenvalue weighted by molar-refractivity contribution is 0.0922. The van der Waals surface area contributed by atoms with Gasteiger partial charge in [-0.15, -0.1) is 0 Å². The SMILES string of the molecule is CCC(O)(CC)C(=NC)N(C)C. The molecule has 3 nitrogen and oxygen atoms in total. The highest BCUT2D eigenvalue weighted by atomic mass is 16.3. The van der Waals surface area contributed by atoms with E-state index in [1.807, 2.05) is 32.8 Å². The molecule has 0 fully saturated rings. The molecule has 0 saturated heterocycles. The van der Waals surface area contributed by atoms with E-state index in [0.717, 1.165) is 5.84 Å². The van der Waals surface area contributed by atoms with Crippen molar-refractivity contribution in [2.75, 3.05) is 21.1 Å². The molecule has 0 aromatic heterocycles. The van der Waals surface area contributed by atoms with Crippen LogP contribution in [0.2, 0.25) is 0 Å². The third kappa shape index (κ3) is 2.21. The van der Waals surface area contributed by atoms with Crippen molar-refractivity contribution in [1.82, 2.24) is 4.90 Å². The van der Waals surface area contributed by atoms with Crippen LogP contribution in [0.3, 0.4) is 0 Å². The zero-order valence-electron chi connectivity index (χ0n) is 8.76. The van der Waals surface area contributed by atoms with E-state index in [9.17, 15) is 5.11 Å². The van der Waals surface area contributed by atoms with Gasteiger partial charge >= 0.3 is 0 Å². The highest BCUT2D eigenvalue weighted by molar-refractivity contribution is 5.89. The molecule has 0 unspecified atom stereocenters. The minimum absolute atomic E-state index is 0.703. The largest absolute Gasteiger partial charge is 0.382 e. The van der Waals surface area contributed by atoms with Crippen molar-refractivity contribution >= 4 is 5.84 Å². The summed E-state index contributed by atoms with van der Waals surface area (Å²) in [5.74, 6) is 0.757. The first-order valence-corrected chi connectivity index (χ1v) is 4.38. The van der Waals surface area contributed by atoms with Crippen LogP contribution in [0.15, 0.2) is 4.99 Å². The summed E-state index contributed by atoms with van der Waals surface area (Å²) in [5, 5.41) is 10.1. The number of hydrogen-bond acceptors (Lipinski definition) is 2. The van der Waals surface area contributed by atoms with Crippen molar-refractivity contribution in [3.05, 3.63) is 0 Å². The van der Waals surface area contributed by atoms with E-state index in [2.05, 4.69) is 4.99 Å². The Morgan fingerprint density at radius 1 is 1.33 bits per heavy atom. The Bertz CT molecular complexity index is 160. The topological polar surface area (TPSA) is 35.8 Å². The normalized spacial score (nSPS) is 13.3. The highest BCUT2D eigenvalue weighted by Crippen LogP contribution is 2.17. The second kappa shape index (κ2) is 4.45. The smallest absolute Gasteiger partial charge is 0.130 e. The molecule has 0 aromatic rings.